The Morgan fingerprint density at radius 1 is 1.56 bits per heavy atom. The molecule has 3 N–H and O–H groups in total. The fourth-order valence-electron chi connectivity index (χ4n) is 1.68. The van der Waals surface area contributed by atoms with Crippen molar-refractivity contribution in [3.63, 3.8) is 0 Å². The molecule has 0 unspecified atom stereocenters. The number of nitrogens with zero attached hydrogens (tertiary/aromatic N) is 2. The van der Waals surface area contributed by atoms with Crippen molar-refractivity contribution in [2.45, 2.75) is 13.5 Å². The molecule has 18 heavy (non-hydrogen) atoms. The molecule has 1 aromatic heterocycles. The van der Waals surface area contributed by atoms with E-state index in [2.05, 4.69) is 5.10 Å². The third-order valence-electron chi connectivity index (χ3n) is 2.73. The zero-order chi connectivity index (χ0) is 13.3. The molecule has 0 spiro atoms. The third kappa shape index (κ3) is 2.36. The molecule has 94 valence electrons. The van der Waals surface area contributed by atoms with Gasteiger partial charge in [-0.1, -0.05) is 17.7 Å². The number of benzene rings is 1. The Kier molecular flexibility index (Phi) is 3.34. The maximum atomic E-state index is 13.1. The lowest BCUT2D eigenvalue weighted by molar-refractivity contribution is 0.622. The van der Waals surface area contributed by atoms with Crippen LogP contribution in [0.5, 0.6) is 0 Å². The Bertz CT molecular complexity index is 606. The summed E-state index contributed by atoms with van der Waals surface area (Å²) in [6, 6.07) is 4.18. The highest BCUT2D eigenvalue weighted by atomic mass is 35.5. The molecule has 0 radical (unpaired) electrons. The van der Waals surface area contributed by atoms with Crippen molar-refractivity contribution in [3.05, 3.63) is 52.1 Å². The van der Waals surface area contributed by atoms with Crippen molar-refractivity contribution in [2.24, 2.45) is 5.73 Å². The zero-order valence-corrected chi connectivity index (χ0v) is 10.5. The highest BCUT2D eigenvalue weighted by Crippen LogP contribution is 2.17. The Morgan fingerprint density at radius 2 is 2.28 bits per heavy atom. The normalized spacial score (nSPS) is 10.6. The number of halogens is 2. The first-order valence-corrected chi connectivity index (χ1v) is 5.67. The molecule has 1 aromatic carbocycles. The fraction of sp³-hybridized carbons (Fsp3) is 0.167. The Hall–Kier alpha value is -1.88. The average molecular weight is 267 g/mol. The molecule has 0 fully saturated rings. The van der Waals surface area contributed by atoms with Crippen LogP contribution >= 0.6 is 11.6 Å². The van der Waals surface area contributed by atoms with Gasteiger partial charge in [0.05, 0.1) is 23.5 Å². The van der Waals surface area contributed by atoms with Crippen LogP contribution < -0.4 is 5.73 Å². The minimum atomic E-state index is -0.417. The van der Waals surface area contributed by atoms with Crippen LogP contribution in [-0.2, 0) is 6.54 Å². The molecule has 0 aliphatic rings. The lowest BCUT2D eigenvalue weighted by Crippen LogP contribution is -2.16. The van der Waals surface area contributed by atoms with E-state index in [4.69, 9.17) is 22.7 Å². The topological polar surface area (TPSA) is 67.7 Å². The Balaban J connectivity index is 2.40. The van der Waals surface area contributed by atoms with Crippen LogP contribution in [0.15, 0.2) is 24.4 Å². The van der Waals surface area contributed by atoms with Crippen molar-refractivity contribution in [1.29, 1.82) is 5.41 Å². The summed E-state index contributed by atoms with van der Waals surface area (Å²) in [7, 11) is 0. The molecular formula is C12H12ClFN4. The molecule has 0 atom stereocenters. The lowest BCUT2D eigenvalue weighted by atomic mass is 10.1. The summed E-state index contributed by atoms with van der Waals surface area (Å²) in [4.78, 5) is 0. The van der Waals surface area contributed by atoms with Gasteiger partial charge in [0.25, 0.3) is 0 Å². The number of aromatic nitrogens is 2. The number of rotatable bonds is 3. The zero-order valence-electron chi connectivity index (χ0n) is 9.74. The van der Waals surface area contributed by atoms with E-state index in [0.717, 1.165) is 11.3 Å². The SMILES string of the molecule is Cc1c(Cl)cnn1Cc1ccc(F)cc1C(=N)N. The molecule has 0 bridgehead atoms. The first-order chi connectivity index (χ1) is 8.49. The van der Waals surface area contributed by atoms with Crippen molar-refractivity contribution < 1.29 is 4.39 Å². The summed E-state index contributed by atoms with van der Waals surface area (Å²) in [5.74, 6) is -0.584. The molecule has 2 aromatic rings. The summed E-state index contributed by atoms with van der Waals surface area (Å²) in [5, 5.41) is 12.1. The number of nitrogens with two attached hydrogens (primary N) is 1. The summed E-state index contributed by atoms with van der Waals surface area (Å²) < 4.78 is 14.8. The number of nitrogen functional groups attached to an aromatic ring is 1. The van der Waals surface area contributed by atoms with Crippen molar-refractivity contribution >= 4 is 17.4 Å². The number of hydrogen-bond donors (Lipinski definition) is 2. The first-order valence-electron chi connectivity index (χ1n) is 5.29. The van der Waals surface area contributed by atoms with E-state index in [1.54, 1.807) is 16.9 Å². The highest BCUT2D eigenvalue weighted by Gasteiger charge is 2.10. The van der Waals surface area contributed by atoms with E-state index in [1.165, 1.54) is 12.1 Å². The average Bonchev–Trinajstić information content (AvgIpc) is 2.63. The first kappa shape index (κ1) is 12.6. The quantitative estimate of drug-likeness (QED) is 0.661. The number of hydrogen-bond acceptors (Lipinski definition) is 2. The van der Waals surface area contributed by atoms with Gasteiger partial charge in [-0.3, -0.25) is 10.1 Å². The van der Waals surface area contributed by atoms with Crippen LogP contribution in [-0.4, -0.2) is 15.6 Å². The van der Waals surface area contributed by atoms with Crippen LogP contribution in [0.25, 0.3) is 0 Å². The Morgan fingerprint density at radius 3 is 2.83 bits per heavy atom. The summed E-state index contributed by atoms with van der Waals surface area (Å²) in [5.41, 5.74) is 7.36. The van der Waals surface area contributed by atoms with Gasteiger partial charge in [0.2, 0.25) is 0 Å². The van der Waals surface area contributed by atoms with Gasteiger partial charge in [0.1, 0.15) is 11.7 Å². The van der Waals surface area contributed by atoms with E-state index in [0.29, 0.717) is 17.1 Å². The molecular weight excluding hydrogens is 255 g/mol. The fourth-order valence-corrected chi connectivity index (χ4v) is 1.82. The second-order valence-corrected chi connectivity index (χ2v) is 4.36. The van der Waals surface area contributed by atoms with Crippen molar-refractivity contribution in [1.82, 2.24) is 9.78 Å². The predicted octanol–water partition coefficient (Wildman–Crippen LogP) is 2.32. The number of amidine groups is 1. The van der Waals surface area contributed by atoms with Crippen molar-refractivity contribution in [3.8, 4) is 0 Å². The van der Waals surface area contributed by atoms with Gasteiger partial charge < -0.3 is 5.73 Å². The molecule has 0 aliphatic carbocycles. The molecule has 1 heterocycles. The molecule has 0 amide bonds. The van der Waals surface area contributed by atoms with Crippen LogP contribution in [0.2, 0.25) is 5.02 Å². The maximum absolute atomic E-state index is 13.1. The molecule has 0 saturated carbocycles. The van der Waals surface area contributed by atoms with Gasteiger partial charge in [-0.15, -0.1) is 0 Å². The largest absolute Gasteiger partial charge is 0.384 e. The van der Waals surface area contributed by atoms with E-state index in [9.17, 15) is 4.39 Å². The standard InChI is InChI=1S/C12H12ClFN4/c1-7-11(13)5-17-18(7)6-8-2-3-9(14)4-10(8)12(15)16/h2-5H,6H2,1H3,(H3,15,16). The van der Waals surface area contributed by atoms with Gasteiger partial charge in [0, 0.05) is 5.56 Å². The van der Waals surface area contributed by atoms with Crippen LogP contribution in [0.1, 0.15) is 16.8 Å². The summed E-state index contributed by atoms with van der Waals surface area (Å²) in [6.07, 6.45) is 1.55. The third-order valence-corrected chi connectivity index (χ3v) is 3.10. The van der Waals surface area contributed by atoms with Gasteiger partial charge >= 0.3 is 0 Å². The van der Waals surface area contributed by atoms with Crippen LogP contribution in [0.4, 0.5) is 4.39 Å². The second kappa shape index (κ2) is 4.78. The summed E-state index contributed by atoms with van der Waals surface area (Å²) in [6.45, 7) is 2.24. The van der Waals surface area contributed by atoms with Gasteiger partial charge in [-0.05, 0) is 24.6 Å². The van der Waals surface area contributed by atoms with Gasteiger partial charge in [-0.25, -0.2) is 4.39 Å². The lowest BCUT2D eigenvalue weighted by Gasteiger charge is -2.10. The monoisotopic (exact) mass is 266 g/mol. The number of nitrogens with one attached hydrogen (secondary N) is 1. The van der Waals surface area contributed by atoms with E-state index in [1.807, 2.05) is 6.92 Å². The molecule has 0 saturated heterocycles. The highest BCUT2D eigenvalue weighted by molar-refractivity contribution is 6.31. The van der Waals surface area contributed by atoms with Crippen LogP contribution in [0.3, 0.4) is 0 Å². The van der Waals surface area contributed by atoms with E-state index < -0.39 is 5.82 Å². The van der Waals surface area contributed by atoms with Gasteiger partial charge in [0.15, 0.2) is 0 Å². The van der Waals surface area contributed by atoms with E-state index >= 15 is 0 Å². The second-order valence-electron chi connectivity index (χ2n) is 3.95. The predicted molar refractivity (Wildman–Crippen MR) is 68.5 cm³/mol. The van der Waals surface area contributed by atoms with Crippen molar-refractivity contribution in [2.75, 3.05) is 0 Å². The maximum Gasteiger partial charge on any atom is 0.123 e. The minimum absolute atomic E-state index is 0.166. The van der Waals surface area contributed by atoms with Crippen LogP contribution in [0, 0.1) is 18.2 Å². The van der Waals surface area contributed by atoms with E-state index in [-0.39, 0.29) is 5.84 Å². The molecule has 4 nitrogen and oxygen atoms in total. The minimum Gasteiger partial charge on any atom is -0.384 e. The molecule has 6 heteroatoms. The summed E-state index contributed by atoms with van der Waals surface area (Å²) >= 11 is 5.91. The molecule has 0 aliphatic heterocycles. The smallest absolute Gasteiger partial charge is 0.123 e. The molecule has 2 rings (SSSR count). The Labute approximate surface area is 109 Å². The van der Waals surface area contributed by atoms with Gasteiger partial charge in [-0.2, -0.15) is 5.10 Å².